The standard InChI is InChI=1S/C12H22O4/c1-14-6-7-15-8-9-16-10-12(13)11-4-2-3-5-11/h11H,2-10H2,1H3. The average Bonchev–Trinajstić information content (AvgIpc) is 2.81. The number of ether oxygens (including phenoxy) is 3. The van der Waals surface area contributed by atoms with Crippen molar-refractivity contribution in [2.24, 2.45) is 5.92 Å². The maximum absolute atomic E-state index is 11.6. The van der Waals surface area contributed by atoms with E-state index in [1.165, 1.54) is 12.8 Å². The van der Waals surface area contributed by atoms with Crippen LogP contribution in [0.2, 0.25) is 0 Å². The van der Waals surface area contributed by atoms with Crippen LogP contribution >= 0.6 is 0 Å². The fraction of sp³-hybridized carbons (Fsp3) is 0.917. The molecule has 0 heterocycles. The fourth-order valence-corrected chi connectivity index (χ4v) is 1.90. The van der Waals surface area contributed by atoms with E-state index in [2.05, 4.69) is 0 Å². The molecule has 16 heavy (non-hydrogen) atoms. The first-order chi connectivity index (χ1) is 7.84. The molecule has 1 aliphatic carbocycles. The summed E-state index contributed by atoms with van der Waals surface area (Å²) in [6, 6.07) is 0. The van der Waals surface area contributed by atoms with Crippen LogP contribution in [0.3, 0.4) is 0 Å². The van der Waals surface area contributed by atoms with Gasteiger partial charge in [-0.3, -0.25) is 4.79 Å². The summed E-state index contributed by atoms with van der Waals surface area (Å²) < 4.78 is 15.3. The second-order valence-electron chi connectivity index (χ2n) is 4.11. The first kappa shape index (κ1) is 13.6. The first-order valence-corrected chi connectivity index (χ1v) is 6.01. The Labute approximate surface area is 97.2 Å². The van der Waals surface area contributed by atoms with Gasteiger partial charge in [0, 0.05) is 13.0 Å². The molecule has 94 valence electrons. The van der Waals surface area contributed by atoms with E-state index in [1.54, 1.807) is 7.11 Å². The van der Waals surface area contributed by atoms with Gasteiger partial charge in [-0.2, -0.15) is 0 Å². The molecule has 0 aromatic rings. The van der Waals surface area contributed by atoms with Crippen LogP contribution in [0.5, 0.6) is 0 Å². The number of carbonyl (C=O) groups excluding carboxylic acids is 1. The van der Waals surface area contributed by atoms with Gasteiger partial charge in [0.2, 0.25) is 0 Å². The van der Waals surface area contributed by atoms with Crippen molar-refractivity contribution in [1.82, 2.24) is 0 Å². The van der Waals surface area contributed by atoms with Gasteiger partial charge in [0.15, 0.2) is 5.78 Å². The Morgan fingerprint density at radius 1 is 1.06 bits per heavy atom. The van der Waals surface area contributed by atoms with Gasteiger partial charge in [-0.25, -0.2) is 0 Å². The van der Waals surface area contributed by atoms with Gasteiger partial charge in [0.05, 0.1) is 26.4 Å². The SMILES string of the molecule is COCCOCCOCC(=O)C1CCCC1. The van der Waals surface area contributed by atoms with Crippen LogP contribution in [0.4, 0.5) is 0 Å². The maximum Gasteiger partial charge on any atom is 0.161 e. The quantitative estimate of drug-likeness (QED) is 0.562. The average molecular weight is 230 g/mol. The van der Waals surface area contributed by atoms with Crippen molar-refractivity contribution in [3.63, 3.8) is 0 Å². The largest absolute Gasteiger partial charge is 0.382 e. The molecule has 4 heteroatoms. The number of carbonyl (C=O) groups is 1. The van der Waals surface area contributed by atoms with E-state index in [0.717, 1.165) is 12.8 Å². The highest BCUT2D eigenvalue weighted by atomic mass is 16.5. The molecule has 1 aliphatic rings. The van der Waals surface area contributed by atoms with Gasteiger partial charge in [0.25, 0.3) is 0 Å². The lowest BCUT2D eigenvalue weighted by Crippen LogP contribution is -2.19. The predicted octanol–water partition coefficient (Wildman–Crippen LogP) is 1.43. The first-order valence-electron chi connectivity index (χ1n) is 6.01. The second-order valence-corrected chi connectivity index (χ2v) is 4.11. The molecular formula is C12H22O4. The number of rotatable bonds is 9. The highest BCUT2D eigenvalue weighted by Crippen LogP contribution is 2.25. The molecule has 0 amide bonds. The number of hydrogen-bond donors (Lipinski definition) is 0. The summed E-state index contributed by atoms with van der Waals surface area (Å²) in [5.74, 6) is 0.517. The Hall–Kier alpha value is -0.450. The normalized spacial score (nSPS) is 16.8. The third kappa shape index (κ3) is 5.58. The molecule has 0 atom stereocenters. The van der Waals surface area contributed by atoms with E-state index in [-0.39, 0.29) is 18.3 Å². The van der Waals surface area contributed by atoms with E-state index in [9.17, 15) is 4.79 Å². The minimum atomic E-state index is 0.248. The zero-order chi connectivity index (χ0) is 11.6. The van der Waals surface area contributed by atoms with Crippen LogP contribution in [0.25, 0.3) is 0 Å². The lowest BCUT2D eigenvalue weighted by molar-refractivity contribution is -0.127. The van der Waals surface area contributed by atoms with Crippen LogP contribution in [0.15, 0.2) is 0 Å². The molecule has 4 nitrogen and oxygen atoms in total. The van der Waals surface area contributed by atoms with E-state index < -0.39 is 0 Å². The highest BCUT2D eigenvalue weighted by Gasteiger charge is 2.22. The van der Waals surface area contributed by atoms with Crippen LogP contribution < -0.4 is 0 Å². The summed E-state index contributed by atoms with van der Waals surface area (Å²) in [4.78, 5) is 11.6. The lowest BCUT2D eigenvalue weighted by atomic mass is 10.0. The predicted molar refractivity (Wildman–Crippen MR) is 60.5 cm³/mol. The summed E-state index contributed by atoms with van der Waals surface area (Å²) in [6.45, 7) is 2.44. The van der Waals surface area contributed by atoms with Gasteiger partial charge in [-0.05, 0) is 12.8 Å². The van der Waals surface area contributed by atoms with Gasteiger partial charge in [-0.15, -0.1) is 0 Å². The molecule has 0 spiro atoms. The summed E-state index contributed by atoms with van der Waals surface area (Å²) >= 11 is 0. The molecule has 1 fully saturated rings. The highest BCUT2D eigenvalue weighted by molar-refractivity contribution is 5.82. The van der Waals surface area contributed by atoms with Gasteiger partial charge in [0.1, 0.15) is 6.61 Å². The summed E-state index contributed by atoms with van der Waals surface area (Å²) in [6.07, 6.45) is 4.48. The third-order valence-corrected chi connectivity index (χ3v) is 2.86. The molecule has 1 rings (SSSR count). The Balaban J connectivity index is 1.88. The van der Waals surface area contributed by atoms with Crippen molar-refractivity contribution in [1.29, 1.82) is 0 Å². The fourth-order valence-electron chi connectivity index (χ4n) is 1.90. The van der Waals surface area contributed by atoms with E-state index in [0.29, 0.717) is 26.4 Å². The Morgan fingerprint density at radius 2 is 1.69 bits per heavy atom. The molecule has 1 saturated carbocycles. The molecule has 0 aliphatic heterocycles. The number of Topliss-reactive ketones (excluding diaryl/α,β-unsaturated/α-hetero) is 1. The van der Waals surface area contributed by atoms with Crippen molar-refractivity contribution in [2.45, 2.75) is 25.7 Å². The zero-order valence-electron chi connectivity index (χ0n) is 10.1. The molecular weight excluding hydrogens is 208 g/mol. The van der Waals surface area contributed by atoms with Crippen molar-refractivity contribution >= 4 is 5.78 Å². The lowest BCUT2D eigenvalue weighted by Gasteiger charge is -2.08. The van der Waals surface area contributed by atoms with Crippen molar-refractivity contribution in [3.05, 3.63) is 0 Å². The third-order valence-electron chi connectivity index (χ3n) is 2.86. The molecule has 0 aromatic carbocycles. The smallest absolute Gasteiger partial charge is 0.161 e. The van der Waals surface area contributed by atoms with Crippen LogP contribution in [0, 0.1) is 5.92 Å². The molecule has 0 saturated heterocycles. The molecule has 0 N–H and O–H groups in total. The number of ketones is 1. The van der Waals surface area contributed by atoms with E-state index in [1.807, 2.05) is 0 Å². The monoisotopic (exact) mass is 230 g/mol. The van der Waals surface area contributed by atoms with Gasteiger partial charge < -0.3 is 14.2 Å². The van der Waals surface area contributed by atoms with E-state index in [4.69, 9.17) is 14.2 Å². The summed E-state index contributed by atoms with van der Waals surface area (Å²) in [5, 5.41) is 0. The molecule has 0 radical (unpaired) electrons. The van der Waals surface area contributed by atoms with Crippen molar-refractivity contribution < 1.29 is 19.0 Å². The number of methoxy groups -OCH3 is 1. The molecule has 0 aromatic heterocycles. The summed E-state index contributed by atoms with van der Waals surface area (Å²) in [5.41, 5.74) is 0. The minimum absolute atomic E-state index is 0.248. The maximum atomic E-state index is 11.6. The Bertz CT molecular complexity index is 187. The van der Waals surface area contributed by atoms with Crippen LogP contribution in [-0.2, 0) is 19.0 Å². The second kappa shape index (κ2) is 8.67. The van der Waals surface area contributed by atoms with Crippen molar-refractivity contribution in [3.8, 4) is 0 Å². The molecule has 0 unspecified atom stereocenters. The molecule has 0 bridgehead atoms. The van der Waals surface area contributed by atoms with E-state index >= 15 is 0 Å². The zero-order valence-corrected chi connectivity index (χ0v) is 10.1. The Morgan fingerprint density at radius 3 is 2.38 bits per heavy atom. The van der Waals surface area contributed by atoms with Crippen molar-refractivity contribution in [2.75, 3.05) is 40.1 Å². The van der Waals surface area contributed by atoms with Crippen LogP contribution in [-0.4, -0.2) is 45.9 Å². The minimum Gasteiger partial charge on any atom is -0.382 e. The van der Waals surface area contributed by atoms with Crippen LogP contribution in [0.1, 0.15) is 25.7 Å². The van der Waals surface area contributed by atoms with Gasteiger partial charge in [-0.1, -0.05) is 12.8 Å². The Kier molecular flexibility index (Phi) is 7.38. The topological polar surface area (TPSA) is 44.8 Å². The summed E-state index contributed by atoms with van der Waals surface area (Å²) in [7, 11) is 1.64. The number of hydrogen-bond acceptors (Lipinski definition) is 4. The van der Waals surface area contributed by atoms with Gasteiger partial charge >= 0.3 is 0 Å².